The fourth-order valence-electron chi connectivity index (χ4n) is 3.76. The van der Waals surface area contributed by atoms with Crippen molar-refractivity contribution >= 4 is 17.9 Å². The topological polar surface area (TPSA) is 76.6 Å². The molecule has 2 saturated heterocycles. The second-order valence-corrected chi connectivity index (χ2v) is 7.77. The SMILES string of the molecule is O=C(Nc1cccnn1)N1CCC(=Cc2cccc(OCC3CCOCC3)c2)CC1. The third kappa shape index (κ3) is 5.79. The minimum Gasteiger partial charge on any atom is -0.493 e. The molecule has 0 saturated carbocycles. The van der Waals surface area contributed by atoms with Crippen LogP contribution in [0, 0.1) is 5.92 Å². The number of rotatable bonds is 5. The number of ether oxygens (including phenoxy) is 2. The first-order valence-corrected chi connectivity index (χ1v) is 10.6. The van der Waals surface area contributed by atoms with Crippen LogP contribution >= 0.6 is 0 Å². The molecule has 0 radical (unpaired) electrons. The predicted molar refractivity (Wildman–Crippen MR) is 115 cm³/mol. The van der Waals surface area contributed by atoms with Crippen molar-refractivity contribution in [3.8, 4) is 5.75 Å². The number of likely N-dealkylation sites (tertiary alicyclic amines) is 1. The Morgan fingerprint density at radius 1 is 1.20 bits per heavy atom. The van der Waals surface area contributed by atoms with Gasteiger partial charge in [-0.2, -0.15) is 5.10 Å². The van der Waals surface area contributed by atoms with Gasteiger partial charge in [-0.3, -0.25) is 5.32 Å². The first-order chi connectivity index (χ1) is 14.8. The number of hydrogen-bond acceptors (Lipinski definition) is 5. The summed E-state index contributed by atoms with van der Waals surface area (Å²) in [6.07, 6.45) is 7.68. The van der Waals surface area contributed by atoms with Crippen LogP contribution in [0.15, 0.2) is 48.2 Å². The average Bonchev–Trinajstić information content (AvgIpc) is 2.80. The molecular formula is C23H28N4O3. The van der Waals surface area contributed by atoms with Crippen LogP contribution in [0.5, 0.6) is 5.75 Å². The van der Waals surface area contributed by atoms with Crippen LogP contribution in [-0.4, -0.2) is 54.0 Å². The summed E-state index contributed by atoms with van der Waals surface area (Å²) in [5.41, 5.74) is 2.49. The van der Waals surface area contributed by atoms with Crippen LogP contribution in [0.4, 0.5) is 10.6 Å². The molecule has 30 heavy (non-hydrogen) atoms. The number of hydrogen-bond donors (Lipinski definition) is 1. The number of nitrogens with zero attached hydrogens (tertiary/aromatic N) is 3. The molecule has 0 atom stereocenters. The fraction of sp³-hybridized carbons (Fsp3) is 0.435. The van der Waals surface area contributed by atoms with Crippen molar-refractivity contribution in [3.63, 3.8) is 0 Å². The maximum absolute atomic E-state index is 12.4. The standard InChI is InChI=1S/C23H28N4O3/c28-23(25-22-5-2-10-24-26-22)27-11-6-18(7-12-27)15-20-3-1-4-21(16-20)30-17-19-8-13-29-14-9-19/h1-5,10,15-16,19H,6-9,11-14,17H2,(H,25,26,28). The molecule has 2 aromatic rings. The van der Waals surface area contributed by atoms with Crippen LogP contribution < -0.4 is 10.1 Å². The number of piperidine rings is 1. The van der Waals surface area contributed by atoms with Gasteiger partial charge in [-0.25, -0.2) is 4.79 Å². The molecule has 0 aliphatic carbocycles. The van der Waals surface area contributed by atoms with E-state index in [0.29, 0.717) is 24.8 Å². The summed E-state index contributed by atoms with van der Waals surface area (Å²) in [6.45, 7) is 3.82. The Hall–Kier alpha value is -2.93. The van der Waals surface area contributed by atoms with Crippen molar-refractivity contribution < 1.29 is 14.3 Å². The zero-order chi connectivity index (χ0) is 20.6. The van der Waals surface area contributed by atoms with Gasteiger partial charge in [-0.15, -0.1) is 5.10 Å². The molecule has 2 aliphatic rings. The number of carbonyl (C=O) groups is 1. The van der Waals surface area contributed by atoms with Crippen LogP contribution in [0.2, 0.25) is 0 Å². The van der Waals surface area contributed by atoms with E-state index in [1.54, 1.807) is 18.3 Å². The van der Waals surface area contributed by atoms with E-state index in [9.17, 15) is 4.79 Å². The van der Waals surface area contributed by atoms with E-state index in [1.165, 1.54) is 5.57 Å². The molecule has 2 fully saturated rings. The summed E-state index contributed by atoms with van der Waals surface area (Å²) >= 11 is 0. The highest BCUT2D eigenvalue weighted by Crippen LogP contribution is 2.23. The van der Waals surface area contributed by atoms with Crippen LogP contribution in [0.1, 0.15) is 31.2 Å². The van der Waals surface area contributed by atoms with Crippen LogP contribution in [0.3, 0.4) is 0 Å². The lowest BCUT2D eigenvalue weighted by Crippen LogP contribution is -2.39. The Morgan fingerprint density at radius 3 is 2.80 bits per heavy atom. The van der Waals surface area contributed by atoms with Crippen molar-refractivity contribution in [1.29, 1.82) is 0 Å². The summed E-state index contributed by atoms with van der Waals surface area (Å²) in [5.74, 6) is 1.97. The van der Waals surface area contributed by atoms with E-state index < -0.39 is 0 Å². The fourth-order valence-corrected chi connectivity index (χ4v) is 3.76. The van der Waals surface area contributed by atoms with Crippen LogP contribution in [-0.2, 0) is 4.74 Å². The lowest BCUT2D eigenvalue weighted by Gasteiger charge is -2.28. The molecule has 4 rings (SSSR count). The van der Waals surface area contributed by atoms with Crippen molar-refractivity contribution in [1.82, 2.24) is 15.1 Å². The van der Waals surface area contributed by atoms with Crippen molar-refractivity contribution in [2.24, 2.45) is 5.92 Å². The Bertz CT molecular complexity index is 856. The van der Waals surface area contributed by atoms with Crippen LogP contribution in [0.25, 0.3) is 6.08 Å². The van der Waals surface area contributed by atoms with Gasteiger partial charge < -0.3 is 14.4 Å². The van der Waals surface area contributed by atoms with Gasteiger partial charge in [0.25, 0.3) is 0 Å². The maximum Gasteiger partial charge on any atom is 0.323 e. The Labute approximate surface area is 177 Å². The highest BCUT2D eigenvalue weighted by atomic mass is 16.5. The monoisotopic (exact) mass is 408 g/mol. The largest absolute Gasteiger partial charge is 0.493 e. The summed E-state index contributed by atoms with van der Waals surface area (Å²) < 4.78 is 11.4. The molecule has 158 valence electrons. The smallest absolute Gasteiger partial charge is 0.323 e. The lowest BCUT2D eigenvalue weighted by molar-refractivity contribution is 0.0497. The van der Waals surface area contributed by atoms with Crippen molar-refractivity contribution in [2.75, 3.05) is 38.2 Å². The van der Waals surface area contributed by atoms with Gasteiger partial charge in [-0.1, -0.05) is 23.8 Å². The van der Waals surface area contributed by atoms with Gasteiger partial charge in [0.05, 0.1) is 6.61 Å². The third-order valence-corrected chi connectivity index (χ3v) is 5.56. The van der Waals surface area contributed by atoms with E-state index >= 15 is 0 Å². The summed E-state index contributed by atoms with van der Waals surface area (Å²) in [7, 11) is 0. The van der Waals surface area contributed by atoms with E-state index in [-0.39, 0.29) is 6.03 Å². The molecular weight excluding hydrogens is 380 g/mol. The Balaban J connectivity index is 1.28. The van der Waals surface area contributed by atoms with Crippen molar-refractivity contribution in [2.45, 2.75) is 25.7 Å². The van der Waals surface area contributed by atoms with Gasteiger partial charge in [-0.05, 0) is 61.4 Å². The molecule has 1 N–H and O–H groups in total. The number of aromatic nitrogens is 2. The predicted octanol–water partition coefficient (Wildman–Crippen LogP) is 3.99. The van der Waals surface area contributed by atoms with Crippen molar-refractivity contribution in [3.05, 3.63) is 53.7 Å². The number of anilines is 1. The second-order valence-electron chi connectivity index (χ2n) is 7.77. The lowest BCUT2D eigenvalue weighted by atomic mass is 10.0. The van der Waals surface area contributed by atoms with E-state index in [1.807, 2.05) is 17.0 Å². The summed E-state index contributed by atoms with van der Waals surface area (Å²) in [4.78, 5) is 14.2. The quantitative estimate of drug-likeness (QED) is 0.809. The van der Waals surface area contributed by atoms with Gasteiger partial charge in [0.15, 0.2) is 5.82 Å². The molecule has 0 spiro atoms. The highest BCUT2D eigenvalue weighted by Gasteiger charge is 2.19. The minimum absolute atomic E-state index is 0.127. The van der Waals surface area contributed by atoms with Gasteiger partial charge in [0.2, 0.25) is 0 Å². The summed E-state index contributed by atoms with van der Waals surface area (Å²) in [5, 5.41) is 10.5. The summed E-state index contributed by atoms with van der Waals surface area (Å²) in [6, 6.07) is 11.6. The zero-order valence-electron chi connectivity index (χ0n) is 17.1. The number of carbonyl (C=O) groups excluding carboxylic acids is 1. The van der Waals surface area contributed by atoms with Gasteiger partial charge in [0, 0.05) is 32.5 Å². The highest BCUT2D eigenvalue weighted by molar-refractivity contribution is 5.88. The molecule has 0 bridgehead atoms. The normalized spacial score (nSPS) is 17.5. The minimum atomic E-state index is -0.127. The number of benzene rings is 1. The molecule has 1 aromatic carbocycles. The van der Waals surface area contributed by atoms with E-state index in [4.69, 9.17) is 9.47 Å². The van der Waals surface area contributed by atoms with E-state index in [2.05, 4.69) is 33.7 Å². The average molecular weight is 409 g/mol. The molecule has 2 aliphatic heterocycles. The van der Waals surface area contributed by atoms with Gasteiger partial charge in [0.1, 0.15) is 5.75 Å². The molecule has 0 unspecified atom stereocenters. The van der Waals surface area contributed by atoms with Gasteiger partial charge >= 0.3 is 6.03 Å². The Kier molecular flexibility index (Phi) is 6.92. The molecule has 1 aromatic heterocycles. The Morgan fingerprint density at radius 2 is 2.03 bits per heavy atom. The maximum atomic E-state index is 12.4. The van der Waals surface area contributed by atoms with E-state index in [0.717, 1.165) is 56.8 Å². The molecule has 3 heterocycles. The molecule has 7 heteroatoms. The second kappa shape index (κ2) is 10.2. The third-order valence-electron chi connectivity index (χ3n) is 5.56. The first-order valence-electron chi connectivity index (χ1n) is 10.6. The zero-order valence-corrected chi connectivity index (χ0v) is 17.1. The molecule has 2 amide bonds. The number of amides is 2. The number of nitrogens with one attached hydrogen (secondary N) is 1. The molecule has 7 nitrogen and oxygen atoms in total. The first kappa shape index (κ1) is 20.3. The number of urea groups is 1.